The molecule has 0 saturated carbocycles. The van der Waals surface area contributed by atoms with E-state index in [9.17, 15) is 4.79 Å². The summed E-state index contributed by atoms with van der Waals surface area (Å²) in [7, 11) is 0. The number of para-hydroxylation sites is 1. The number of nitrogens with one attached hydrogen (secondary N) is 2. The fraction of sp³-hybridized carbons (Fsp3) is 0. The van der Waals surface area contributed by atoms with Crippen LogP contribution in [-0.4, -0.2) is 20.9 Å². The topological polar surface area (TPSA) is 79.8 Å². The lowest BCUT2D eigenvalue weighted by Crippen LogP contribution is -2.12. The molecule has 0 spiro atoms. The zero-order valence-corrected chi connectivity index (χ0v) is 11.7. The summed E-state index contributed by atoms with van der Waals surface area (Å²) in [6, 6.07) is 11.0. The number of thiazole rings is 1. The molecular formula is C14H11N5OS. The van der Waals surface area contributed by atoms with Crippen LogP contribution in [0.15, 0.2) is 54.3 Å². The van der Waals surface area contributed by atoms with Crippen molar-refractivity contribution in [3.05, 3.63) is 60.0 Å². The van der Waals surface area contributed by atoms with Crippen LogP contribution < -0.4 is 10.6 Å². The molecule has 0 saturated heterocycles. The summed E-state index contributed by atoms with van der Waals surface area (Å²) >= 11 is 1.34. The molecule has 3 aromatic rings. The smallest absolute Gasteiger partial charge is 0.275 e. The molecule has 0 bridgehead atoms. The molecule has 7 heteroatoms. The Morgan fingerprint density at radius 2 is 2.00 bits per heavy atom. The summed E-state index contributed by atoms with van der Waals surface area (Å²) in [5.41, 5.74) is 1.10. The molecule has 104 valence electrons. The largest absolute Gasteiger partial charge is 0.321 e. The third-order valence-electron chi connectivity index (χ3n) is 2.59. The molecule has 0 aliphatic carbocycles. The van der Waals surface area contributed by atoms with Crippen molar-refractivity contribution in [1.82, 2.24) is 15.0 Å². The number of nitrogens with zero attached hydrogens (tertiary/aromatic N) is 3. The SMILES string of the molecule is O=C(Nc1ccccc1)c1csc(Nc2ccncn2)n1. The first-order chi connectivity index (χ1) is 10.3. The normalized spacial score (nSPS) is 10.1. The van der Waals surface area contributed by atoms with Gasteiger partial charge in [0.15, 0.2) is 5.13 Å². The van der Waals surface area contributed by atoms with Crippen LogP contribution in [0, 0.1) is 0 Å². The standard InChI is InChI=1S/C14H11N5OS/c20-13(17-10-4-2-1-3-5-10)11-8-21-14(18-11)19-12-6-7-15-9-16-12/h1-9H,(H,17,20)(H,15,16,18,19). The lowest BCUT2D eigenvalue weighted by atomic mass is 10.3. The van der Waals surface area contributed by atoms with E-state index in [-0.39, 0.29) is 5.91 Å². The average Bonchev–Trinajstić information content (AvgIpc) is 2.98. The van der Waals surface area contributed by atoms with E-state index in [0.29, 0.717) is 16.6 Å². The zero-order valence-electron chi connectivity index (χ0n) is 10.9. The van der Waals surface area contributed by atoms with Gasteiger partial charge in [-0.3, -0.25) is 4.79 Å². The number of carbonyl (C=O) groups is 1. The number of amides is 1. The van der Waals surface area contributed by atoms with Crippen molar-refractivity contribution in [3.8, 4) is 0 Å². The Labute approximate surface area is 124 Å². The predicted octanol–water partition coefficient (Wildman–Crippen LogP) is 2.93. The highest BCUT2D eigenvalue weighted by Crippen LogP contribution is 2.20. The molecule has 2 heterocycles. The second kappa shape index (κ2) is 6.10. The summed E-state index contributed by atoms with van der Waals surface area (Å²) in [4.78, 5) is 24.2. The van der Waals surface area contributed by atoms with Crippen LogP contribution in [0.1, 0.15) is 10.5 Å². The maximum atomic E-state index is 12.1. The highest BCUT2D eigenvalue weighted by molar-refractivity contribution is 7.14. The summed E-state index contributed by atoms with van der Waals surface area (Å²) in [5, 5.41) is 8.11. The maximum absolute atomic E-state index is 12.1. The minimum absolute atomic E-state index is 0.242. The number of hydrogen-bond donors (Lipinski definition) is 2. The van der Waals surface area contributed by atoms with E-state index in [1.165, 1.54) is 17.7 Å². The van der Waals surface area contributed by atoms with Crippen LogP contribution in [0.25, 0.3) is 0 Å². The molecule has 0 unspecified atom stereocenters. The molecule has 2 N–H and O–H groups in total. The summed E-state index contributed by atoms with van der Waals surface area (Å²) in [5.74, 6) is 0.391. The summed E-state index contributed by atoms with van der Waals surface area (Å²) in [6.45, 7) is 0. The minimum atomic E-state index is -0.242. The van der Waals surface area contributed by atoms with Gasteiger partial charge in [-0.2, -0.15) is 0 Å². The molecule has 3 rings (SSSR count). The number of carbonyl (C=O) groups excluding carboxylic acids is 1. The van der Waals surface area contributed by atoms with Crippen molar-refractivity contribution in [2.75, 3.05) is 10.6 Å². The third kappa shape index (κ3) is 3.40. The molecule has 2 aromatic heterocycles. The van der Waals surface area contributed by atoms with E-state index >= 15 is 0 Å². The quantitative estimate of drug-likeness (QED) is 0.774. The third-order valence-corrected chi connectivity index (χ3v) is 3.34. The monoisotopic (exact) mass is 297 g/mol. The molecule has 6 nitrogen and oxygen atoms in total. The molecule has 0 aliphatic rings. The Kier molecular flexibility index (Phi) is 3.83. The number of hydrogen-bond acceptors (Lipinski definition) is 6. The van der Waals surface area contributed by atoms with E-state index in [2.05, 4.69) is 25.6 Å². The molecule has 1 aromatic carbocycles. The van der Waals surface area contributed by atoms with Crippen LogP contribution in [0.3, 0.4) is 0 Å². The van der Waals surface area contributed by atoms with E-state index in [0.717, 1.165) is 5.69 Å². The Morgan fingerprint density at radius 3 is 2.76 bits per heavy atom. The molecule has 21 heavy (non-hydrogen) atoms. The Morgan fingerprint density at radius 1 is 1.14 bits per heavy atom. The molecule has 0 radical (unpaired) electrons. The van der Waals surface area contributed by atoms with Crippen molar-refractivity contribution >= 4 is 33.9 Å². The molecule has 1 amide bonds. The van der Waals surface area contributed by atoms with Gasteiger partial charge in [-0.25, -0.2) is 15.0 Å². The summed E-state index contributed by atoms with van der Waals surface area (Å²) in [6.07, 6.45) is 3.07. The van der Waals surface area contributed by atoms with Gasteiger partial charge in [0, 0.05) is 17.3 Å². The van der Waals surface area contributed by atoms with E-state index < -0.39 is 0 Å². The fourth-order valence-electron chi connectivity index (χ4n) is 1.63. The summed E-state index contributed by atoms with van der Waals surface area (Å²) < 4.78 is 0. The van der Waals surface area contributed by atoms with Crippen molar-refractivity contribution in [3.63, 3.8) is 0 Å². The number of aromatic nitrogens is 3. The van der Waals surface area contributed by atoms with Gasteiger partial charge in [0.25, 0.3) is 5.91 Å². The first-order valence-corrected chi connectivity index (χ1v) is 7.04. The highest BCUT2D eigenvalue weighted by atomic mass is 32.1. The Balaban J connectivity index is 1.68. The van der Waals surface area contributed by atoms with Gasteiger partial charge >= 0.3 is 0 Å². The van der Waals surface area contributed by atoms with Crippen molar-refractivity contribution < 1.29 is 4.79 Å². The van der Waals surface area contributed by atoms with Crippen molar-refractivity contribution in [2.45, 2.75) is 0 Å². The van der Waals surface area contributed by atoms with Crippen LogP contribution in [-0.2, 0) is 0 Å². The van der Waals surface area contributed by atoms with Crippen LogP contribution in [0.2, 0.25) is 0 Å². The molecule has 0 aliphatic heterocycles. The van der Waals surface area contributed by atoms with Gasteiger partial charge in [-0.1, -0.05) is 18.2 Å². The first-order valence-electron chi connectivity index (χ1n) is 6.16. The minimum Gasteiger partial charge on any atom is -0.321 e. The van der Waals surface area contributed by atoms with E-state index in [4.69, 9.17) is 0 Å². The van der Waals surface area contributed by atoms with Gasteiger partial charge in [-0.15, -0.1) is 11.3 Å². The van der Waals surface area contributed by atoms with Gasteiger partial charge in [0.2, 0.25) is 0 Å². The highest BCUT2D eigenvalue weighted by Gasteiger charge is 2.11. The number of benzene rings is 1. The first kappa shape index (κ1) is 13.2. The van der Waals surface area contributed by atoms with Crippen molar-refractivity contribution in [1.29, 1.82) is 0 Å². The van der Waals surface area contributed by atoms with Gasteiger partial charge in [0.05, 0.1) is 0 Å². The fourth-order valence-corrected chi connectivity index (χ4v) is 2.32. The van der Waals surface area contributed by atoms with Gasteiger partial charge in [-0.05, 0) is 18.2 Å². The zero-order chi connectivity index (χ0) is 14.5. The molecule has 0 fully saturated rings. The number of anilines is 3. The van der Waals surface area contributed by atoms with E-state index in [1.54, 1.807) is 17.6 Å². The Bertz CT molecular complexity index is 729. The molecular weight excluding hydrogens is 286 g/mol. The van der Waals surface area contributed by atoms with Crippen LogP contribution in [0.5, 0.6) is 0 Å². The van der Waals surface area contributed by atoms with Crippen molar-refractivity contribution in [2.24, 2.45) is 0 Å². The number of rotatable bonds is 4. The lowest BCUT2D eigenvalue weighted by molar-refractivity contribution is 0.102. The molecule has 0 atom stereocenters. The van der Waals surface area contributed by atoms with Crippen LogP contribution >= 0.6 is 11.3 Å². The Hall–Kier alpha value is -2.80. The van der Waals surface area contributed by atoms with Gasteiger partial charge in [0.1, 0.15) is 17.8 Å². The lowest BCUT2D eigenvalue weighted by Gasteiger charge is -2.02. The average molecular weight is 297 g/mol. The predicted molar refractivity (Wildman–Crippen MR) is 81.8 cm³/mol. The second-order valence-electron chi connectivity index (χ2n) is 4.08. The van der Waals surface area contributed by atoms with Gasteiger partial charge < -0.3 is 10.6 Å². The maximum Gasteiger partial charge on any atom is 0.275 e. The second-order valence-corrected chi connectivity index (χ2v) is 4.94. The van der Waals surface area contributed by atoms with Crippen LogP contribution in [0.4, 0.5) is 16.6 Å². The van der Waals surface area contributed by atoms with E-state index in [1.807, 2.05) is 30.3 Å².